The van der Waals surface area contributed by atoms with Gasteiger partial charge in [-0.15, -0.1) is 0 Å². The second-order valence-corrected chi connectivity index (χ2v) is 7.60. The second-order valence-electron chi connectivity index (χ2n) is 7.60. The van der Waals surface area contributed by atoms with Gasteiger partial charge in [0, 0.05) is 35.6 Å². The van der Waals surface area contributed by atoms with Crippen LogP contribution in [0.4, 0.5) is 5.69 Å². The first-order valence-electron chi connectivity index (χ1n) is 10.2. The average Bonchev–Trinajstić information content (AvgIpc) is 3.40. The molecule has 4 heterocycles. The van der Waals surface area contributed by atoms with Crippen LogP contribution in [0.1, 0.15) is 24.2 Å². The van der Waals surface area contributed by atoms with Crippen molar-refractivity contribution < 1.29 is 9.47 Å². The maximum Gasteiger partial charge on any atom is 0.231 e. The number of hydrogen-bond acceptors (Lipinski definition) is 4. The highest BCUT2D eigenvalue weighted by Gasteiger charge is 2.22. The first-order chi connectivity index (χ1) is 14.4. The fraction of sp³-hybridized carbons (Fsp3) is 0.261. The van der Waals surface area contributed by atoms with Crippen molar-refractivity contribution in [3.05, 3.63) is 66.1 Å². The van der Waals surface area contributed by atoms with Gasteiger partial charge in [0.2, 0.25) is 6.79 Å². The molecule has 2 aliphatic rings. The average molecular weight is 386 g/mol. The molecule has 0 aliphatic carbocycles. The van der Waals surface area contributed by atoms with Crippen molar-refractivity contribution in [2.24, 2.45) is 0 Å². The van der Waals surface area contributed by atoms with Crippen LogP contribution in [0.3, 0.4) is 0 Å². The van der Waals surface area contributed by atoms with E-state index in [-0.39, 0.29) is 0 Å². The fourth-order valence-electron chi connectivity index (χ4n) is 4.42. The molecule has 29 heavy (non-hydrogen) atoms. The number of hydrogen-bond donors (Lipinski definition) is 1. The molecule has 0 saturated carbocycles. The number of fused-ring (bicyclic) bond motifs is 1. The van der Waals surface area contributed by atoms with E-state index in [2.05, 4.69) is 50.9 Å². The minimum absolute atomic E-state index is 0.293. The Hall–Kier alpha value is -3.41. The molecule has 0 unspecified atom stereocenters. The highest BCUT2D eigenvalue weighted by molar-refractivity contribution is 5.75. The third-order valence-corrected chi connectivity index (χ3v) is 5.82. The maximum absolute atomic E-state index is 5.48. The zero-order chi connectivity index (χ0) is 19.2. The summed E-state index contributed by atoms with van der Waals surface area (Å²) in [5.41, 5.74) is 6.23. The molecular weight excluding hydrogens is 364 g/mol. The molecule has 0 amide bonds. The Morgan fingerprint density at radius 1 is 1.00 bits per heavy atom. The highest BCUT2D eigenvalue weighted by atomic mass is 16.7. The molecule has 6 rings (SSSR count). The van der Waals surface area contributed by atoms with Gasteiger partial charge in [-0.1, -0.05) is 30.3 Å². The van der Waals surface area contributed by atoms with Gasteiger partial charge in [-0.05, 0) is 37.0 Å². The van der Waals surface area contributed by atoms with Crippen LogP contribution in [-0.2, 0) is 19.5 Å². The predicted molar refractivity (Wildman–Crippen MR) is 111 cm³/mol. The van der Waals surface area contributed by atoms with Crippen LogP contribution >= 0.6 is 0 Å². The smallest absolute Gasteiger partial charge is 0.231 e. The first kappa shape index (κ1) is 16.5. The molecule has 0 radical (unpaired) electrons. The minimum atomic E-state index is 0.293. The van der Waals surface area contributed by atoms with Gasteiger partial charge in [0.15, 0.2) is 17.3 Å². The summed E-state index contributed by atoms with van der Waals surface area (Å²) >= 11 is 0. The molecule has 2 aromatic carbocycles. The Kier molecular flexibility index (Phi) is 3.75. The normalized spacial score (nSPS) is 14.9. The van der Waals surface area contributed by atoms with E-state index in [1.54, 1.807) is 0 Å². The molecule has 0 bridgehead atoms. The van der Waals surface area contributed by atoms with Crippen molar-refractivity contribution in [1.82, 2.24) is 14.2 Å². The van der Waals surface area contributed by atoms with E-state index in [0.717, 1.165) is 36.0 Å². The zero-order valence-electron chi connectivity index (χ0n) is 16.1. The standard InChI is InChI=1S/C23H22N4O2/c1-2-6-16(7-3-1)19-14-27-23-18(19)8-4-5-11-26(23)22(25-27)13-24-17-9-10-20-21(12-17)29-15-28-20/h1-3,6-7,9-10,12,14,24H,4-5,8,11,13,15H2. The summed E-state index contributed by atoms with van der Waals surface area (Å²) in [4.78, 5) is 0. The van der Waals surface area contributed by atoms with Gasteiger partial charge in [0.05, 0.1) is 6.54 Å². The summed E-state index contributed by atoms with van der Waals surface area (Å²) in [7, 11) is 0. The molecule has 6 nitrogen and oxygen atoms in total. The van der Waals surface area contributed by atoms with Gasteiger partial charge in [-0.3, -0.25) is 0 Å². The van der Waals surface area contributed by atoms with Crippen LogP contribution < -0.4 is 14.8 Å². The van der Waals surface area contributed by atoms with Gasteiger partial charge >= 0.3 is 0 Å². The van der Waals surface area contributed by atoms with E-state index in [0.29, 0.717) is 13.3 Å². The van der Waals surface area contributed by atoms with Crippen molar-refractivity contribution in [3.63, 3.8) is 0 Å². The van der Waals surface area contributed by atoms with E-state index in [1.165, 1.54) is 35.2 Å². The summed E-state index contributed by atoms with van der Waals surface area (Å²) in [5, 5.41) is 8.42. The number of aromatic nitrogens is 3. The Bertz CT molecular complexity index is 1190. The molecular formula is C23H22N4O2. The molecule has 1 N–H and O–H groups in total. The van der Waals surface area contributed by atoms with E-state index in [9.17, 15) is 0 Å². The highest BCUT2D eigenvalue weighted by Crippen LogP contribution is 2.35. The van der Waals surface area contributed by atoms with E-state index in [4.69, 9.17) is 14.6 Å². The minimum Gasteiger partial charge on any atom is -0.454 e. The number of nitrogens with one attached hydrogen (secondary N) is 1. The van der Waals surface area contributed by atoms with Gasteiger partial charge in [0.25, 0.3) is 0 Å². The number of rotatable bonds is 4. The van der Waals surface area contributed by atoms with E-state index >= 15 is 0 Å². The summed E-state index contributed by atoms with van der Waals surface area (Å²) in [6.45, 7) is 1.97. The van der Waals surface area contributed by atoms with Gasteiger partial charge < -0.3 is 19.4 Å². The number of anilines is 1. The molecule has 0 atom stereocenters. The van der Waals surface area contributed by atoms with Gasteiger partial charge in [-0.2, -0.15) is 5.10 Å². The van der Waals surface area contributed by atoms with Crippen LogP contribution in [-0.4, -0.2) is 21.0 Å². The van der Waals surface area contributed by atoms with Crippen molar-refractivity contribution >= 4 is 11.3 Å². The SMILES string of the molecule is c1ccc(-c2cn3nc(CNc4ccc5c(c4)OCO5)n4c3c2CCCC4)cc1. The monoisotopic (exact) mass is 386 g/mol. The number of aryl methyl sites for hydroxylation is 2. The Labute approximate surface area is 168 Å². The molecule has 2 aromatic heterocycles. The lowest BCUT2D eigenvalue weighted by Gasteiger charge is -2.09. The van der Waals surface area contributed by atoms with Crippen LogP contribution in [0.2, 0.25) is 0 Å². The molecule has 0 spiro atoms. The third kappa shape index (κ3) is 2.75. The van der Waals surface area contributed by atoms with E-state index < -0.39 is 0 Å². The lowest BCUT2D eigenvalue weighted by Crippen LogP contribution is -2.09. The van der Waals surface area contributed by atoms with Crippen molar-refractivity contribution in [2.45, 2.75) is 32.4 Å². The maximum atomic E-state index is 5.48. The van der Waals surface area contributed by atoms with Crippen LogP contribution in [0.5, 0.6) is 11.5 Å². The molecule has 0 fully saturated rings. The molecule has 146 valence electrons. The molecule has 0 saturated heterocycles. The van der Waals surface area contributed by atoms with E-state index in [1.807, 2.05) is 18.2 Å². The first-order valence-corrected chi connectivity index (χ1v) is 10.2. The summed E-state index contributed by atoms with van der Waals surface area (Å²) in [5.74, 6) is 2.65. The Morgan fingerprint density at radius 3 is 2.83 bits per heavy atom. The van der Waals surface area contributed by atoms with Crippen molar-refractivity contribution in [2.75, 3.05) is 12.1 Å². The fourth-order valence-corrected chi connectivity index (χ4v) is 4.42. The molecule has 2 aliphatic heterocycles. The second kappa shape index (κ2) is 6.58. The number of ether oxygens (including phenoxy) is 2. The molecule has 4 aromatic rings. The lowest BCUT2D eigenvalue weighted by atomic mass is 10.0. The topological polar surface area (TPSA) is 52.7 Å². The number of nitrogens with zero attached hydrogens (tertiary/aromatic N) is 3. The van der Waals surface area contributed by atoms with Crippen molar-refractivity contribution in [1.29, 1.82) is 0 Å². The van der Waals surface area contributed by atoms with Gasteiger partial charge in [0.1, 0.15) is 5.65 Å². The molecule has 6 heteroatoms. The summed E-state index contributed by atoms with van der Waals surface area (Å²) in [6, 6.07) is 16.6. The summed E-state index contributed by atoms with van der Waals surface area (Å²) in [6.07, 6.45) is 5.66. The summed E-state index contributed by atoms with van der Waals surface area (Å²) < 4.78 is 15.3. The zero-order valence-corrected chi connectivity index (χ0v) is 16.1. The van der Waals surface area contributed by atoms with Crippen LogP contribution in [0.15, 0.2) is 54.7 Å². The van der Waals surface area contributed by atoms with Crippen molar-refractivity contribution in [3.8, 4) is 22.6 Å². The lowest BCUT2D eigenvalue weighted by molar-refractivity contribution is 0.174. The predicted octanol–water partition coefficient (Wildman–Crippen LogP) is 4.48. The largest absolute Gasteiger partial charge is 0.454 e. The van der Waals surface area contributed by atoms with Crippen LogP contribution in [0, 0.1) is 0 Å². The Balaban J connectivity index is 1.35. The Morgan fingerprint density at radius 2 is 1.90 bits per heavy atom. The van der Waals surface area contributed by atoms with Gasteiger partial charge in [-0.25, -0.2) is 4.52 Å². The quantitative estimate of drug-likeness (QED) is 0.562. The van der Waals surface area contributed by atoms with Crippen LogP contribution in [0.25, 0.3) is 16.8 Å². The third-order valence-electron chi connectivity index (χ3n) is 5.82. The number of benzene rings is 2.